The van der Waals surface area contributed by atoms with Crippen LogP contribution in [0.5, 0.6) is 0 Å². The van der Waals surface area contributed by atoms with E-state index in [4.69, 9.17) is 10.8 Å². The van der Waals surface area contributed by atoms with E-state index in [0.29, 0.717) is 12.2 Å². The van der Waals surface area contributed by atoms with E-state index in [2.05, 4.69) is 12.6 Å². The molecule has 0 saturated carbocycles. The van der Waals surface area contributed by atoms with Crippen LogP contribution in [0, 0.1) is 0 Å². The van der Waals surface area contributed by atoms with Crippen LogP contribution in [-0.2, 0) is 17.0 Å². The molecule has 0 aliphatic carbocycles. The van der Waals surface area contributed by atoms with Crippen molar-refractivity contribution in [2.45, 2.75) is 15.7 Å². The first-order valence-corrected chi connectivity index (χ1v) is 6.06. The van der Waals surface area contributed by atoms with E-state index in [1.807, 2.05) is 24.3 Å². The van der Waals surface area contributed by atoms with Crippen molar-refractivity contribution in [1.29, 1.82) is 0 Å². The molecule has 0 radical (unpaired) electrons. The van der Waals surface area contributed by atoms with Gasteiger partial charge in [0.2, 0.25) is 0 Å². The maximum Gasteiger partial charge on any atom is 0.334 e. The third kappa shape index (κ3) is 3.66. The number of thiol groups is 1. The van der Waals surface area contributed by atoms with Gasteiger partial charge in [-0.2, -0.15) is 12.6 Å². The Labute approximate surface area is 108 Å². The van der Waals surface area contributed by atoms with Gasteiger partial charge >= 0.3 is 5.97 Å². The Hall–Kier alpha value is -0.270. The zero-order chi connectivity index (χ0) is 11.5. The first kappa shape index (κ1) is 12.8. The molecule has 0 spiro atoms. The minimum atomic E-state index is -1.24. The van der Waals surface area contributed by atoms with Crippen molar-refractivity contribution < 1.29 is 9.90 Å². The van der Waals surface area contributed by atoms with E-state index < -0.39 is 9.51 Å². The van der Waals surface area contributed by atoms with Gasteiger partial charge in [0.25, 0.3) is 0 Å². The molecule has 1 atom stereocenters. The summed E-state index contributed by atoms with van der Waals surface area (Å²) >= 11 is 5.91. The van der Waals surface area contributed by atoms with Crippen LogP contribution in [0.3, 0.4) is 0 Å². The van der Waals surface area contributed by atoms with E-state index in [-0.39, 0.29) is 0 Å². The minimum Gasteiger partial charge on any atom is -0.479 e. The maximum absolute atomic E-state index is 10.8. The molecule has 0 saturated heterocycles. The number of alkyl halides is 1. The lowest BCUT2D eigenvalue weighted by Gasteiger charge is -2.17. The van der Waals surface area contributed by atoms with Crippen molar-refractivity contribution in [1.82, 2.24) is 0 Å². The topological polar surface area (TPSA) is 63.3 Å². The molecule has 5 heteroatoms. The highest BCUT2D eigenvalue weighted by atomic mass is 127. The van der Waals surface area contributed by atoms with Gasteiger partial charge in [-0.05, 0) is 33.7 Å². The lowest BCUT2D eigenvalue weighted by atomic mass is 10.0. The fraction of sp³-hybridized carbons (Fsp3) is 0.300. The smallest absolute Gasteiger partial charge is 0.334 e. The van der Waals surface area contributed by atoms with Crippen molar-refractivity contribution in [3.8, 4) is 0 Å². The molecule has 0 aliphatic rings. The summed E-state index contributed by atoms with van der Waals surface area (Å²) in [6.07, 6.45) is 0.310. The van der Waals surface area contributed by atoms with E-state index in [1.165, 1.54) is 0 Å². The number of halogens is 1. The molecular formula is C10H12INO2S. The second-order valence-corrected chi connectivity index (χ2v) is 5.56. The van der Waals surface area contributed by atoms with Crippen LogP contribution in [0.15, 0.2) is 24.3 Å². The monoisotopic (exact) mass is 337 g/mol. The summed E-state index contributed by atoms with van der Waals surface area (Å²) in [7, 11) is 0. The predicted octanol–water partition coefficient (Wildman–Crippen LogP) is 1.83. The van der Waals surface area contributed by atoms with Crippen molar-refractivity contribution in [2.24, 2.45) is 5.73 Å². The van der Waals surface area contributed by atoms with E-state index >= 15 is 0 Å². The van der Waals surface area contributed by atoms with Crippen molar-refractivity contribution in [3.63, 3.8) is 0 Å². The number of hydrogen-bond donors (Lipinski definition) is 3. The Morgan fingerprint density at radius 3 is 2.67 bits per heavy atom. The molecule has 1 aromatic rings. The molecule has 0 fully saturated rings. The number of rotatable bonds is 4. The first-order valence-electron chi connectivity index (χ1n) is 4.35. The average Bonchev–Trinajstić information content (AvgIpc) is 2.17. The Balaban J connectivity index is 2.85. The molecular weight excluding hydrogens is 325 g/mol. The SMILES string of the molecule is NC(I)(Cc1cccc(CS)c1)C(=O)O. The van der Waals surface area contributed by atoms with Crippen molar-refractivity contribution in [3.05, 3.63) is 35.4 Å². The van der Waals surface area contributed by atoms with Crippen molar-refractivity contribution >= 4 is 41.2 Å². The third-order valence-corrected chi connectivity index (χ3v) is 3.20. The maximum atomic E-state index is 10.8. The Bertz CT molecular complexity index is 368. The van der Waals surface area contributed by atoms with E-state index in [9.17, 15) is 4.79 Å². The quantitative estimate of drug-likeness (QED) is 0.340. The number of carbonyl (C=O) groups is 1. The number of aliphatic carboxylic acids is 1. The second-order valence-electron chi connectivity index (χ2n) is 3.32. The number of nitrogens with two attached hydrogens (primary N) is 1. The van der Waals surface area contributed by atoms with Crippen LogP contribution in [0.4, 0.5) is 0 Å². The van der Waals surface area contributed by atoms with Crippen LogP contribution in [0.25, 0.3) is 0 Å². The van der Waals surface area contributed by atoms with Gasteiger partial charge in [-0.1, -0.05) is 24.3 Å². The van der Waals surface area contributed by atoms with Gasteiger partial charge in [0, 0.05) is 12.2 Å². The fourth-order valence-corrected chi connectivity index (χ4v) is 1.85. The standard InChI is InChI=1S/C10H12INO2S/c11-10(12,9(13)14)5-7-2-1-3-8(4-7)6-15/h1-4,15H,5-6,12H2,(H,13,14). The molecule has 0 amide bonds. The number of carboxylic acids is 1. The highest BCUT2D eigenvalue weighted by molar-refractivity contribution is 14.1. The second kappa shape index (κ2) is 5.18. The van der Waals surface area contributed by atoms with E-state index in [0.717, 1.165) is 11.1 Å². The van der Waals surface area contributed by atoms with E-state index in [1.54, 1.807) is 22.6 Å². The average molecular weight is 337 g/mol. The lowest BCUT2D eigenvalue weighted by Crippen LogP contribution is -2.43. The molecule has 1 unspecified atom stereocenters. The number of benzene rings is 1. The summed E-state index contributed by atoms with van der Waals surface area (Å²) in [4.78, 5) is 10.8. The highest BCUT2D eigenvalue weighted by Gasteiger charge is 2.30. The zero-order valence-corrected chi connectivity index (χ0v) is 11.0. The summed E-state index contributed by atoms with van der Waals surface area (Å²) in [6, 6.07) is 7.63. The normalized spacial score (nSPS) is 14.6. The summed E-state index contributed by atoms with van der Waals surface area (Å²) in [6.45, 7) is 0. The van der Waals surface area contributed by atoms with Gasteiger partial charge < -0.3 is 10.8 Å². The van der Waals surface area contributed by atoms with Crippen LogP contribution in [-0.4, -0.2) is 14.6 Å². The molecule has 0 heterocycles. The first-order chi connectivity index (χ1) is 6.95. The molecule has 0 aromatic heterocycles. The van der Waals surface area contributed by atoms with Gasteiger partial charge in [-0.25, -0.2) is 4.79 Å². The molecule has 1 aromatic carbocycles. The molecule has 0 bridgehead atoms. The Morgan fingerprint density at radius 1 is 1.53 bits per heavy atom. The molecule has 1 rings (SSSR count). The molecule has 0 aliphatic heterocycles. The Morgan fingerprint density at radius 2 is 2.13 bits per heavy atom. The van der Waals surface area contributed by atoms with Gasteiger partial charge in [0.1, 0.15) is 0 Å². The van der Waals surface area contributed by atoms with Crippen molar-refractivity contribution in [2.75, 3.05) is 0 Å². The van der Waals surface area contributed by atoms with Crippen LogP contribution < -0.4 is 5.73 Å². The minimum absolute atomic E-state index is 0.310. The molecule has 82 valence electrons. The number of carboxylic acid groups (broad SMARTS) is 1. The molecule has 15 heavy (non-hydrogen) atoms. The summed E-state index contributed by atoms with van der Waals surface area (Å²) in [5, 5.41) is 8.88. The van der Waals surface area contributed by atoms with Crippen LogP contribution >= 0.6 is 35.2 Å². The number of hydrogen-bond acceptors (Lipinski definition) is 3. The van der Waals surface area contributed by atoms with Gasteiger partial charge in [-0.3, -0.25) is 0 Å². The fourth-order valence-electron chi connectivity index (χ4n) is 1.21. The largest absolute Gasteiger partial charge is 0.479 e. The predicted molar refractivity (Wildman–Crippen MR) is 71.4 cm³/mol. The van der Waals surface area contributed by atoms with Gasteiger partial charge in [-0.15, -0.1) is 0 Å². The molecule has 3 N–H and O–H groups in total. The van der Waals surface area contributed by atoms with Gasteiger partial charge in [0.15, 0.2) is 3.55 Å². The zero-order valence-electron chi connectivity index (χ0n) is 7.98. The highest BCUT2D eigenvalue weighted by Crippen LogP contribution is 2.19. The Kier molecular flexibility index (Phi) is 4.42. The van der Waals surface area contributed by atoms with Crippen LogP contribution in [0.2, 0.25) is 0 Å². The lowest BCUT2D eigenvalue weighted by molar-refractivity contribution is -0.139. The summed E-state index contributed by atoms with van der Waals surface area (Å²) in [5.74, 6) is -0.362. The van der Waals surface area contributed by atoms with Crippen LogP contribution in [0.1, 0.15) is 11.1 Å². The molecule has 3 nitrogen and oxygen atoms in total. The van der Waals surface area contributed by atoms with Gasteiger partial charge in [0.05, 0.1) is 0 Å². The summed E-state index contributed by atoms with van der Waals surface area (Å²) < 4.78 is -1.24. The summed E-state index contributed by atoms with van der Waals surface area (Å²) in [5.41, 5.74) is 7.63. The third-order valence-electron chi connectivity index (χ3n) is 1.99.